The Balaban J connectivity index is 3.03. The molecule has 0 bridgehead atoms. The van der Waals surface area contributed by atoms with Crippen LogP contribution in [0.25, 0.3) is 0 Å². The average molecular weight is 334 g/mol. The van der Waals surface area contributed by atoms with Gasteiger partial charge in [0.05, 0.1) is 8.66 Å². The SMILES string of the molecule is CC(F)(F)C(=O)c1cc(Br)c(Br)s1. The second-order valence-corrected chi connectivity index (χ2v) is 5.67. The standard InChI is InChI=1S/C7H4Br2F2OS/c1-7(10,11)5(12)4-2-3(8)6(9)13-4/h2H,1H3. The van der Waals surface area contributed by atoms with Gasteiger partial charge in [0.2, 0.25) is 5.78 Å². The van der Waals surface area contributed by atoms with Crippen LogP contribution in [0.4, 0.5) is 8.78 Å². The molecule has 0 amide bonds. The third-order valence-electron chi connectivity index (χ3n) is 1.27. The van der Waals surface area contributed by atoms with Gasteiger partial charge in [0.15, 0.2) is 0 Å². The summed E-state index contributed by atoms with van der Waals surface area (Å²) < 4.78 is 26.4. The van der Waals surface area contributed by atoms with Crippen molar-refractivity contribution in [1.29, 1.82) is 0 Å². The molecule has 0 aliphatic rings. The second-order valence-electron chi connectivity index (χ2n) is 2.45. The van der Waals surface area contributed by atoms with Crippen LogP contribution >= 0.6 is 43.2 Å². The fourth-order valence-corrected chi connectivity index (χ4v) is 2.73. The molecule has 0 saturated carbocycles. The maximum Gasteiger partial charge on any atom is 0.307 e. The molecule has 0 fully saturated rings. The van der Waals surface area contributed by atoms with Gasteiger partial charge in [-0.15, -0.1) is 11.3 Å². The molecule has 0 aliphatic carbocycles. The number of halogens is 4. The highest BCUT2D eigenvalue weighted by molar-refractivity contribution is 9.13. The molecule has 13 heavy (non-hydrogen) atoms. The van der Waals surface area contributed by atoms with Crippen LogP contribution < -0.4 is 0 Å². The van der Waals surface area contributed by atoms with Crippen molar-refractivity contribution in [3.8, 4) is 0 Å². The Morgan fingerprint density at radius 2 is 2.08 bits per heavy atom. The Kier molecular flexibility index (Phi) is 3.24. The van der Waals surface area contributed by atoms with Gasteiger partial charge in [-0.25, -0.2) is 0 Å². The van der Waals surface area contributed by atoms with Crippen LogP contribution in [0.2, 0.25) is 0 Å². The third kappa shape index (κ3) is 2.57. The normalized spacial score (nSPS) is 11.8. The number of carbonyl (C=O) groups is 1. The Bertz CT molecular complexity index is 323. The zero-order valence-electron chi connectivity index (χ0n) is 6.41. The van der Waals surface area contributed by atoms with E-state index in [2.05, 4.69) is 31.9 Å². The smallest absolute Gasteiger partial charge is 0.286 e. The van der Waals surface area contributed by atoms with Crippen LogP contribution in [-0.2, 0) is 0 Å². The van der Waals surface area contributed by atoms with Gasteiger partial charge in [0, 0.05) is 11.4 Å². The molecular weight excluding hydrogens is 330 g/mol. The zero-order valence-corrected chi connectivity index (χ0v) is 10.4. The van der Waals surface area contributed by atoms with E-state index < -0.39 is 11.7 Å². The number of rotatable bonds is 2. The summed E-state index contributed by atoms with van der Waals surface area (Å²) in [6.07, 6.45) is 0. The highest BCUT2D eigenvalue weighted by Gasteiger charge is 2.34. The van der Waals surface area contributed by atoms with Crippen molar-refractivity contribution in [2.45, 2.75) is 12.8 Å². The quantitative estimate of drug-likeness (QED) is 0.744. The van der Waals surface area contributed by atoms with Crippen LogP contribution in [0.15, 0.2) is 14.3 Å². The molecule has 0 aromatic carbocycles. The van der Waals surface area contributed by atoms with Gasteiger partial charge in [-0.05, 0) is 37.9 Å². The van der Waals surface area contributed by atoms with Crippen molar-refractivity contribution in [3.63, 3.8) is 0 Å². The lowest BCUT2D eigenvalue weighted by Gasteiger charge is -2.05. The minimum atomic E-state index is -3.30. The number of ketones is 1. The average Bonchev–Trinajstić information content (AvgIpc) is 2.29. The molecule has 1 rings (SSSR count). The molecule has 1 heterocycles. The van der Waals surface area contributed by atoms with Crippen LogP contribution in [-0.4, -0.2) is 11.7 Å². The van der Waals surface area contributed by atoms with Gasteiger partial charge in [-0.2, -0.15) is 8.78 Å². The Morgan fingerprint density at radius 3 is 2.38 bits per heavy atom. The molecule has 0 saturated heterocycles. The van der Waals surface area contributed by atoms with Crippen molar-refractivity contribution < 1.29 is 13.6 Å². The van der Waals surface area contributed by atoms with E-state index in [-0.39, 0.29) is 4.88 Å². The maximum absolute atomic E-state index is 12.6. The Labute approximate surface area is 94.4 Å². The first kappa shape index (κ1) is 11.3. The fraction of sp³-hybridized carbons (Fsp3) is 0.286. The summed E-state index contributed by atoms with van der Waals surface area (Å²) in [6, 6.07) is 1.38. The molecule has 0 spiro atoms. The summed E-state index contributed by atoms with van der Waals surface area (Å²) in [5.74, 6) is -4.45. The lowest BCUT2D eigenvalue weighted by atomic mass is 10.2. The van der Waals surface area contributed by atoms with E-state index in [0.29, 0.717) is 15.2 Å². The first-order chi connectivity index (χ1) is 5.82. The zero-order chi connectivity index (χ0) is 10.2. The molecule has 0 radical (unpaired) electrons. The number of hydrogen-bond donors (Lipinski definition) is 0. The van der Waals surface area contributed by atoms with E-state index >= 15 is 0 Å². The van der Waals surface area contributed by atoms with Crippen molar-refractivity contribution in [3.05, 3.63) is 19.2 Å². The van der Waals surface area contributed by atoms with Gasteiger partial charge < -0.3 is 0 Å². The number of carbonyl (C=O) groups excluding carboxylic acids is 1. The lowest BCUT2D eigenvalue weighted by molar-refractivity contribution is 0.0226. The van der Waals surface area contributed by atoms with Gasteiger partial charge in [-0.3, -0.25) is 4.79 Å². The third-order valence-corrected chi connectivity index (χ3v) is 4.52. The van der Waals surface area contributed by atoms with E-state index in [1.807, 2.05) is 0 Å². The monoisotopic (exact) mass is 332 g/mol. The summed E-state index contributed by atoms with van der Waals surface area (Å²) >= 11 is 7.23. The fourth-order valence-electron chi connectivity index (χ4n) is 0.675. The minimum absolute atomic E-state index is 0.0475. The molecule has 1 aromatic heterocycles. The van der Waals surface area contributed by atoms with Gasteiger partial charge >= 0.3 is 5.92 Å². The Hall–Kier alpha value is 0.190. The molecule has 0 atom stereocenters. The molecular formula is C7H4Br2F2OS. The van der Waals surface area contributed by atoms with E-state index in [4.69, 9.17) is 0 Å². The number of alkyl halides is 2. The summed E-state index contributed by atoms with van der Waals surface area (Å²) in [7, 11) is 0. The van der Waals surface area contributed by atoms with Gasteiger partial charge in [0.25, 0.3) is 0 Å². The van der Waals surface area contributed by atoms with E-state index in [0.717, 1.165) is 11.3 Å². The number of thiophene rings is 1. The molecule has 0 unspecified atom stereocenters. The largest absolute Gasteiger partial charge is 0.307 e. The predicted molar refractivity (Wildman–Crippen MR) is 54.7 cm³/mol. The Morgan fingerprint density at radius 1 is 1.54 bits per heavy atom. The summed E-state index contributed by atoms with van der Waals surface area (Å²) in [4.78, 5) is 11.1. The van der Waals surface area contributed by atoms with Crippen LogP contribution in [0.3, 0.4) is 0 Å². The highest BCUT2D eigenvalue weighted by Crippen LogP contribution is 2.34. The predicted octanol–water partition coefficient (Wildman–Crippen LogP) is 4.11. The van der Waals surface area contributed by atoms with Gasteiger partial charge in [0.1, 0.15) is 0 Å². The van der Waals surface area contributed by atoms with Crippen LogP contribution in [0, 0.1) is 0 Å². The lowest BCUT2D eigenvalue weighted by Crippen LogP contribution is -2.23. The molecule has 0 aliphatic heterocycles. The molecule has 72 valence electrons. The summed E-state index contributed by atoms with van der Waals surface area (Å²) in [5, 5.41) is 0. The van der Waals surface area contributed by atoms with Crippen molar-refractivity contribution in [2.75, 3.05) is 0 Å². The van der Waals surface area contributed by atoms with E-state index in [1.54, 1.807) is 0 Å². The second kappa shape index (κ2) is 3.74. The van der Waals surface area contributed by atoms with Crippen molar-refractivity contribution in [2.24, 2.45) is 0 Å². The first-order valence-corrected chi connectivity index (χ1v) is 5.60. The van der Waals surface area contributed by atoms with Crippen LogP contribution in [0.5, 0.6) is 0 Å². The summed E-state index contributed by atoms with van der Waals surface area (Å²) in [6.45, 7) is 0.594. The highest BCUT2D eigenvalue weighted by atomic mass is 79.9. The first-order valence-electron chi connectivity index (χ1n) is 3.20. The summed E-state index contributed by atoms with van der Waals surface area (Å²) in [5.41, 5.74) is 0. The molecule has 1 aromatic rings. The van der Waals surface area contributed by atoms with E-state index in [9.17, 15) is 13.6 Å². The minimum Gasteiger partial charge on any atom is -0.286 e. The molecule has 6 heteroatoms. The van der Waals surface area contributed by atoms with Gasteiger partial charge in [-0.1, -0.05) is 0 Å². The maximum atomic E-state index is 12.6. The van der Waals surface area contributed by atoms with E-state index in [1.165, 1.54) is 6.07 Å². The number of Topliss-reactive ketones (excluding diaryl/α,β-unsaturated/α-hetero) is 1. The topological polar surface area (TPSA) is 17.1 Å². The molecule has 0 N–H and O–H groups in total. The van der Waals surface area contributed by atoms with Crippen molar-refractivity contribution in [1.82, 2.24) is 0 Å². The van der Waals surface area contributed by atoms with Crippen LogP contribution in [0.1, 0.15) is 16.6 Å². The van der Waals surface area contributed by atoms with Crippen molar-refractivity contribution >= 4 is 49.0 Å². The molecule has 1 nitrogen and oxygen atoms in total. The number of hydrogen-bond acceptors (Lipinski definition) is 2.